The SMILES string of the molecule is CC[C@@]1(C)Cc2c(sc3c2c(=O)n(-c2ccccc2)c2nnc(SCC(=O)c4ccc(Cl)cc4)n32)CO1. The molecule has 0 radical (unpaired) electrons. The molecule has 0 bridgehead atoms. The molecular formula is C27H23ClN4O3S2. The number of thioether (sulfide) groups is 1. The van der Waals surface area contributed by atoms with Crippen LogP contribution >= 0.6 is 34.7 Å². The summed E-state index contributed by atoms with van der Waals surface area (Å²) in [6, 6.07) is 16.3. The van der Waals surface area contributed by atoms with Crippen LogP contribution < -0.4 is 5.56 Å². The molecule has 0 spiro atoms. The highest BCUT2D eigenvalue weighted by Gasteiger charge is 2.34. The van der Waals surface area contributed by atoms with E-state index in [1.165, 1.54) is 11.8 Å². The fourth-order valence-electron chi connectivity index (χ4n) is 4.61. The Morgan fingerprint density at radius 2 is 1.92 bits per heavy atom. The van der Waals surface area contributed by atoms with Gasteiger partial charge in [0.05, 0.1) is 29.0 Å². The molecule has 3 aromatic heterocycles. The lowest BCUT2D eigenvalue weighted by Crippen LogP contribution is -2.34. The highest BCUT2D eigenvalue weighted by atomic mass is 35.5. The number of carbonyl (C=O) groups excluding carboxylic acids is 1. The van der Waals surface area contributed by atoms with Crippen LogP contribution in [0.15, 0.2) is 64.5 Å². The number of aromatic nitrogens is 4. The van der Waals surface area contributed by atoms with Gasteiger partial charge < -0.3 is 4.74 Å². The second-order valence-electron chi connectivity index (χ2n) is 9.27. The van der Waals surface area contributed by atoms with Gasteiger partial charge in [-0.3, -0.25) is 9.59 Å². The number of ether oxygens (including phenoxy) is 1. The van der Waals surface area contributed by atoms with Gasteiger partial charge in [0.2, 0.25) is 5.78 Å². The molecule has 7 nitrogen and oxygen atoms in total. The molecule has 10 heteroatoms. The summed E-state index contributed by atoms with van der Waals surface area (Å²) in [5.41, 5.74) is 1.89. The van der Waals surface area contributed by atoms with Crippen LogP contribution in [0.3, 0.4) is 0 Å². The largest absolute Gasteiger partial charge is 0.369 e. The normalized spacial score (nSPS) is 17.4. The van der Waals surface area contributed by atoms with E-state index in [1.807, 2.05) is 34.7 Å². The van der Waals surface area contributed by atoms with Gasteiger partial charge in [-0.1, -0.05) is 48.5 Å². The molecule has 0 amide bonds. The lowest BCUT2D eigenvalue weighted by atomic mass is 9.90. The fraction of sp³-hybridized carbons (Fsp3) is 0.259. The first-order chi connectivity index (χ1) is 17.9. The van der Waals surface area contributed by atoms with Crippen LogP contribution in [0, 0.1) is 0 Å². The topological polar surface area (TPSA) is 78.5 Å². The summed E-state index contributed by atoms with van der Waals surface area (Å²) in [5.74, 6) is 0.558. The average molecular weight is 551 g/mol. The van der Waals surface area contributed by atoms with Crippen LogP contribution in [-0.2, 0) is 17.8 Å². The number of rotatable bonds is 6. The summed E-state index contributed by atoms with van der Waals surface area (Å²) in [5, 5.41) is 10.7. The summed E-state index contributed by atoms with van der Waals surface area (Å²) in [6.07, 6.45) is 1.51. The number of para-hydroxylation sites is 1. The van der Waals surface area contributed by atoms with Crippen molar-refractivity contribution >= 4 is 56.5 Å². The van der Waals surface area contributed by atoms with Crippen LogP contribution in [0.2, 0.25) is 5.02 Å². The average Bonchev–Trinajstić information content (AvgIpc) is 3.49. The molecule has 1 aliphatic rings. The Labute approximate surface area is 226 Å². The Morgan fingerprint density at radius 3 is 2.65 bits per heavy atom. The molecule has 0 unspecified atom stereocenters. The molecule has 1 aliphatic heterocycles. The Morgan fingerprint density at radius 1 is 1.16 bits per heavy atom. The van der Waals surface area contributed by atoms with E-state index in [9.17, 15) is 9.59 Å². The summed E-state index contributed by atoms with van der Waals surface area (Å²) >= 11 is 8.82. The number of nitrogens with zero attached hydrogens (tertiary/aromatic N) is 4. The molecule has 188 valence electrons. The van der Waals surface area contributed by atoms with Gasteiger partial charge in [0.25, 0.3) is 5.56 Å². The van der Waals surface area contributed by atoms with E-state index in [0.29, 0.717) is 45.6 Å². The predicted octanol–water partition coefficient (Wildman–Crippen LogP) is 5.96. The number of hydrogen-bond donors (Lipinski definition) is 0. The number of hydrogen-bond acceptors (Lipinski definition) is 7. The Hall–Kier alpha value is -2.98. The molecule has 0 fully saturated rings. The molecular weight excluding hydrogens is 528 g/mol. The van der Waals surface area contributed by atoms with Crippen LogP contribution in [-0.4, -0.2) is 36.3 Å². The minimum atomic E-state index is -0.324. The van der Waals surface area contributed by atoms with Crippen molar-refractivity contribution in [2.24, 2.45) is 0 Å². The number of halogens is 1. The minimum Gasteiger partial charge on any atom is -0.369 e. The summed E-state index contributed by atoms with van der Waals surface area (Å²) in [7, 11) is 0. The molecule has 1 atom stereocenters. The maximum atomic E-state index is 14.0. The van der Waals surface area contributed by atoms with E-state index in [1.54, 1.807) is 40.2 Å². The molecule has 0 aliphatic carbocycles. The molecule has 0 saturated heterocycles. The van der Waals surface area contributed by atoms with E-state index in [4.69, 9.17) is 16.3 Å². The molecule has 6 rings (SSSR count). The van der Waals surface area contributed by atoms with Crippen molar-refractivity contribution in [2.75, 3.05) is 5.75 Å². The van der Waals surface area contributed by atoms with Gasteiger partial charge in [-0.15, -0.1) is 21.5 Å². The number of thiophene rings is 1. The van der Waals surface area contributed by atoms with Gasteiger partial charge in [-0.05, 0) is 55.3 Å². The molecule has 2 aromatic carbocycles. The highest BCUT2D eigenvalue weighted by molar-refractivity contribution is 7.99. The van der Waals surface area contributed by atoms with Crippen molar-refractivity contribution < 1.29 is 9.53 Å². The van der Waals surface area contributed by atoms with E-state index >= 15 is 0 Å². The third-order valence-corrected chi connectivity index (χ3v) is 9.24. The zero-order chi connectivity index (χ0) is 25.7. The van der Waals surface area contributed by atoms with Crippen LogP contribution in [0.4, 0.5) is 0 Å². The van der Waals surface area contributed by atoms with Gasteiger partial charge in [-0.2, -0.15) is 0 Å². The van der Waals surface area contributed by atoms with E-state index in [2.05, 4.69) is 24.0 Å². The quantitative estimate of drug-likeness (QED) is 0.192. The maximum Gasteiger partial charge on any atom is 0.268 e. The summed E-state index contributed by atoms with van der Waals surface area (Å²) in [4.78, 5) is 28.7. The van der Waals surface area contributed by atoms with E-state index < -0.39 is 0 Å². The van der Waals surface area contributed by atoms with Crippen molar-refractivity contribution in [2.45, 2.75) is 44.1 Å². The molecule has 5 aromatic rings. The van der Waals surface area contributed by atoms with Crippen molar-refractivity contribution in [1.82, 2.24) is 19.2 Å². The second-order valence-corrected chi connectivity index (χ2v) is 11.7. The lowest BCUT2D eigenvalue weighted by Gasteiger charge is -2.32. The Kier molecular flexibility index (Phi) is 6.19. The number of benzene rings is 2. The number of ketones is 1. The lowest BCUT2D eigenvalue weighted by molar-refractivity contribution is -0.0543. The first-order valence-electron chi connectivity index (χ1n) is 11.9. The number of carbonyl (C=O) groups is 1. The monoisotopic (exact) mass is 550 g/mol. The molecule has 4 heterocycles. The van der Waals surface area contributed by atoms with Gasteiger partial charge in [-0.25, -0.2) is 8.97 Å². The van der Waals surface area contributed by atoms with Gasteiger partial charge in [0.1, 0.15) is 4.83 Å². The van der Waals surface area contributed by atoms with Crippen molar-refractivity contribution in [1.29, 1.82) is 0 Å². The summed E-state index contributed by atoms with van der Waals surface area (Å²) < 4.78 is 9.72. The summed E-state index contributed by atoms with van der Waals surface area (Å²) in [6.45, 7) is 4.66. The zero-order valence-corrected chi connectivity index (χ0v) is 22.6. The third kappa shape index (κ3) is 4.20. The highest BCUT2D eigenvalue weighted by Crippen LogP contribution is 2.40. The minimum absolute atomic E-state index is 0.0383. The van der Waals surface area contributed by atoms with Crippen molar-refractivity contribution in [3.63, 3.8) is 0 Å². The third-order valence-electron chi connectivity index (χ3n) is 6.87. The second kappa shape index (κ2) is 9.40. The van der Waals surface area contributed by atoms with Crippen LogP contribution in [0.25, 0.3) is 21.7 Å². The van der Waals surface area contributed by atoms with Crippen molar-refractivity contribution in [3.8, 4) is 5.69 Å². The van der Waals surface area contributed by atoms with Crippen LogP contribution in [0.1, 0.15) is 41.1 Å². The fourth-order valence-corrected chi connectivity index (χ4v) is 6.84. The molecule has 37 heavy (non-hydrogen) atoms. The van der Waals surface area contributed by atoms with Crippen molar-refractivity contribution in [3.05, 3.63) is 86.0 Å². The number of Topliss-reactive ketones (excluding diaryl/α,β-unsaturated/α-hetero) is 1. The smallest absolute Gasteiger partial charge is 0.268 e. The molecule has 0 N–H and O–H groups in total. The maximum absolute atomic E-state index is 14.0. The first kappa shape index (κ1) is 24.4. The van der Waals surface area contributed by atoms with Gasteiger partial charge in [0, 0.05) is 21.9 Å². The van der Waals surface area contributed by atoms with E-state index in [0.717, 1.165) is 21.7 Å². The predicted molar refractivity (Wildman–Crippen MR) is 148 cm³/mol. The zero-order valence-electron chi connectivity index (χ0n) is 20.2. The first-order valence-corrected chi connectivity index (χ1v) is 14.1. The number of fused-ring (bicyclic) bond motifs is 5. The Bertz CT molecular complexity index is 1710. The molecule has 0 saturated carbocycles. The van der Waals surface area contributed by atoms with Gasteiger partial charge in [0.15, 0.2) is 10.9 Å². The van der Waals surface area contributed by atoms with E-state index in [-0.39, 0.29) is 22.7 Å². The Balaban J connectivity index is 1.52. The van der Waals surface area contributed by atoms with Crippen LogP contribution in [0.5, 0.6) is 0 Å². The van der Waals surface area contributed by atoms with Gasteiger partial charge >= 0.3 is 0 Å². The standard InChI is InChI=1S/C27H23ClN4O3S2/c1-3-27(2)13-19-21(14-35-27)37-24-22(19)23(34)31(18-7-5-4-6-8-18)25-29-30-26(32(24)25)36-15-20(33)16-9-11-17(28)12-10-16/h4-12H,3,13-15H2,1-2H3/t27-/m0/s1.